The molecule has 0 atom stereocenters. The van der Waals surface area contributed by atoms with Crippen molar-refractivity contribution in [1.82, 2.24) is 0 Å². The highest BCUT2D eigenvalue weighted by atomic mass is 19.1. The second-order valence-corrected chi connectivity index (χ2v) is 4.47. The third-order valence-corrected chi connectivity index (χ3v) is 2.98. The van der Waals surface area contributed by atoms with Gasteiger partial charge in [0.15, 0.2) is 11.5 Å². The Hall–Kier alpha value is -2.23. The van der Waals surface area contributed by atoms with Crippen molar-refractivity contribution in [1.29, 1.82) is 0 Å². The molecule has 0 fully saturated rings. The molecule has 0 radical (unpaired) electrons. The normalized spacial score (nSPS) is 10.2. The highest BCUT2D eigenvalue weighted by molar-refractivity contribution is 5.55. The van der Waals surface area contributed by atoms with Crippen molar-refractivity contribution >= 4 is 5.69 Å². The van der Waals surface area contributed by atoms with Gasteiger partial charge in [0.05, 0.1) is 13.2 Å². The monoisotopic (exact) mass is 289 g/mol. The standard InChI is InChI=1S/C17H20FNO2/c1-3-20-16-10-9-14(11-17(16)21-4-2)19-12-13-7-5-6-8-15(13)18/h5-11,19H,3-4,12H2,1-2H3. The van der Waals surface area contributed by atoms with E-state index in [0.717, 1.165) is 11.4 Å². The average Bonchev–Trinajstić information content (AvgIpc) is 2.49. The summed E-state index contributed by atoms with van der Waals surface area (Å²) in [6.45, 7) is 5.43. The van der Waals surface area contributed by atoms with Crippen LogP contribution in [0, 0.1) is 5.82 Å². The lowest BCUT2D eigenvalue weighted by molar-refractivity contribution is 0.288. The number of hydrogen-bond acceptors (Lipinski definition) is 3. The molecular weight excluding hydrogens is 269 g/mol. The van der Waals surface area contributed by atoms with Gasteiger partial charge in [-0.05, 0) is 32.0 Å². The molecule has 3 nitrogen and oxygen atoms in total. The number of nitrogens with one attached hydrogen (secondary N) is 1. The van der Waals surface area contributed by atoms with Gasteiger partial charge in [-0.15, -0.1) is 0 Å². The smallest absolute Gasteiger partial charge is 0.163 e. The summed E-state index contributed by atoms with van der Waals surface area (Å²) in [6, 6.07) is 12.4. The molecule has 0 bridgehead atoms. The summed E-state index contributed by atoms with van der Waals surface area (Å²) in [5.74, 6) is 1.20. The maximum Gasteiger partial charge on any atom is 0.163 e. The summed E-state index contributed by atoms with van der Waals surface area (Å²) in [5.41, 5.74) is 1.49. The lowest BCUT2D eigenvalue weighted by Crippen LogP contribution is -2.03. The second-order valence-electron chi connectivity index (χ2n) is 4.47. The van der Waals surface area contributed by atoms with Crippen molar-refractivity contribution in [3.63, 3.8) is 0 Å². The molecular formula is C17H20FNO2. The number of benzene rings is 2. The van der Waals surface area contributed by atoms with Gasteiger partial charge in [0, 0.05) is 23.9 Å². The maximum absolute atomic E-state index is 13.6. The molecule has 0 aliphatic rings. The van der Waals surface area contributed by atoms with Gasteiger partial charge in [-0.1, -0.05) is 18.2 Å². The zero-order valence-electron chi connectivity index (χ0n) is 12.4. The summed E-state index contributed by atoms with van der Waals surface area (Å²) in [5, 5.41) is 3.19. The molecule has 0 aliphatic carbocycles. The zero-order valence-corrected chi connectivity index (χ0v) is 12.4. The van der Waals surface area contributed by atoms with E-state index < -0.39 is 0 Å². The minimum Gasteiger partial charge on any atom is -0.490 e. The third-order valence-electron chi connectivity index (χ3n) is 2.98. The van der Waals surface area contributed by atoms with Crippen molar-refractivity contribution in [2.75, 3.05) is 18.5 Å². The van der Waals surface area contributed by atoms with Crippen LogP contribution < -0.4 is 14.8 Å². The first kappa shape index (κ1) is 15.2. The Labute approximate surface area is 124 Å². The minimum atomic E-state index is -0.207. The lowest BCUT2D eigenvalue weighted by atomic mass is 10.2. The van der Waals surface area contributed by atoms with E-state index in [1.165, 1.54) is 6.07 Å². The number of rotatable bonds is 7. The van der Waals surface area contributed by atoms with Gasteiger partial charge in [-0.2, -0.15) is 0 Å². The van der Waals surface area contributed by atoms with E-state index >= 15 is 0 Å². The van der Waals surface area contributed by atoms with Crippen LogP contribution in [-0.2, 0) is 6.54 Å². The summed E-state index contributed by atoms with van der Waals surface area (Å²) < 4.78 is 24.7. The van der Waals surface area contributed by atoms with Gasteiger partial charge in [0.1, 0.15) is 5.82 Å². The number of hydrogen-bond donors (Lipinski definition) is 1. The molecule has 2 aromatic carbocycles. The van der Waals surface area contributed by atoms with Crippen molar-refractivity contribution in [3.05, 3.63) is 53.8 Å². The van der Waals surface area contributed by atoms with Crippen LogP contribution in [0.25, 0.3) is 0 Å². The van der Waals surface area contributed by atoms with E-state index in [1.54, 1.807) is 12.1 Å². The molecule has 0 aliphatic heterocycles. The topological polar surface area (TPSA) is 30.5 Å². The minimum absolute atomic E-state index is 0.207. The van der Waals surface area contributed by atoms with Crippen LogP contribution in [0.1, 0.15) is 19.4 Å². The highest BCUT2D eigenvalue weighted by Crippen LogP contribution is 2.30. The predicted octanol–water partition coefficient (Wildman–Crippen LogP) is 4.24. The van der Waals surface area contributed by atoms with Gasteiger partial charge in [0.25, 0.3) is 0 Å². The Morgan fingerprint density at radius 3 is 2.38 bits per heavy atom. The first-order valence-corrected chi connectivity index (χ1v) is 7.11. The number of anilines is 1. The third kappa shape index (κ3) is 4.12. The second kappa shape index (κ2) is 7.53. The molecule has 0 saturated carbocycles. The average molecular weight is 289 g/mol. The van der Waals surface area contributed by atoms with Gasteiger partial charge >= 0.3 is 0 Å². The van der Waals surface area contributed by atoms with Crippen molar-refractivity contribution in [3.8, 4) is 11.5 Å². The fourth-order valence-corrected chi connectivity index (χ4v) is 2.00. The van der Waals surface area contributed by atoms with E-state index in [4.69, 9.17) is 9.47 Å². The molecule has 0 heterocycles. The van der Waals surface area contributed by atoms with Crippen LogP contribution in [0.15, 0.2) is 42.5 Å². The fraction of sp³-hybridized carbons (Fsp3) is 0.294. The Bertz CT molecular complexity index is 587. The molecule has 2 aromatic rings. The van der Waals surface area contributed by atoms with E-state index in [-0.39, 0.29) is 5.82 Å². The molecule has 0 saturated heterocycles. The molecule has 2 rings (SSSR count). The Morgan fingerprint density at radius 1 is 0.952 bits per heavy atom. The molecule has 4 heteroatoms. The van der Waals surface area contributed by atoms with Gasteiger partial charge in [-0.3, -0.25) is 0 Å². The predicted molar refractivity (Wildman–Crippen MR) is 82.5 cm³/mol. The number of halogens is 1. The largest absolute Gasteiger partial charge is 0.490 e. The zero-order chi connectivity index (χ0) is 15.1. The Morgan fingerprint density at radius 2 is 1.67 bits per heavy atom. The quantitative estimate of drug-likeness (QED) is 0.827. The van der Waals surface area contributed by atoms with Crippen LogP contribution >= 0.6 is 0 Å². The Balaban J connectivity index is 2.10. The SMILES string of the molecule is CCOc1ccc(NCc2ccccc2F)cc1OCC. The first-order chi connectivity index (χ1) is 10.2. The molecule has 0 unspecified atom stereocenters. The van der Waals surface area contributed by atoms with Crippen molar-refractivity contribution in [2.24, 2.45) is 0 Å². The molecule has 1 N–H and O–H groups in total. The van der Waals surface area contributed by atoms with E-state index in [9.17, 15) is 4.39 Å². The fourth-order valence-electron chi connectivity index (χ4n) is 2.00. The van der Waals surface area contributed by atoms with Crippen molar-refractivity contribution in [2.45, 2.75) is 20.4 Å². The van der Waals surface area contributed by atoms with Crippen LogP contribution in [0.3, 0.4) is 0 Å². The van der Waals surface area contributed by atoms with Gasteiger partial charge in [0.2, 0.25) is 0 Å². The van der Waals surface area contributed by atoms with Crippen LogP contribution in [-0.4, -0.2) is 13.2 Å². The maximum atomic E-state index is 13.6. The van der Waals surface area contributed by atoms with E-state index in [2.05, 4.69) is 5.32 Å². The highest BCUT2D eigenvalue weighted by Gasteiger charge is 2.07. The van der Waals surface area contributed by atoms with Crippen LogP contribution in [0.5, 0.6) is 11.5 Å². The summed E-state index contributed by atoms with van der Waals surface area (Å²) in [6.07, 6.45) is 0. The molecule has 21 heavy (non-hydrogen) atoms. The van der Waals surface area contributed by atoms with E-state index in [1.807, 2.05) is 38.1 Å². The summed E-state index contributed by atoms with van der Waals surface area (Å²) in [7, 11) is 0. The molecule has 0 amide bonds. The molecule has 0 aromatic heterocycles. The summed E-state index contributed by atoms with van der Waals surface area (Å²) in [4.78, 5) is 0. The molecule has 0 spiro atoms. The first-order valence-electron chi connectivity index (χ1n) is 7.11. The lowest BCUT2D eigenvalue weighted by Gasteiger charge is -2.13. The Kier molecular flexibility index (Phi) is 5.43. The van der Waals surface area contributed by atoms with Gasteiger partial charge < -0.3 is 14.8 Å². The van der Waals surface area contributed by atoms with Crippen molar-refractivity contribution < 1.29 is 13.9 Å². The summed E-state index contributed by atoms with van der Waals surface area (Å²) >= 11 is 0. The molecule has 112 valence electrons. The van der Waals surface area contributed by atoms with Gasteiger partial charge in [-0.25, -0.2) is 4.39 Å². The van der Waals surface area contributed by atoms with Crippen LogP contribution in [0.2, 0.25) is 0 Å². The van der Waals surface area contributed by atoms with E-state index in [0.29, 0.717) is 31.1 Å². The van der Waals surface area contributed by atoms with Crippen LogP contribution in [0.4, 0.5) is 10.1 Å². The number of ether oxygens (including phenoxy) is 2.